The molecule has 1 rings (SSSR count). The molecule has 2 N–H and O–H groups in total. The minimum atomic E-state index is -0.575. The van der Waals surface area contributed by atoms with Crippen molar-refractivity contribution in [3.05, 3.63) is 34.1 Å². The smallest absolute Gasteiger partial charge is 0.254 e. The molecular weight excluding hydrogens is 277 g/mol. The van der Waals surface area contributed by atoms with Crippen molar-refractivity contribution < 1.29 is 14.3 Å². The molecular formula is C11H13BrFNO2. The second-order valence-electron chi connectivity index (χ2n) is 3.39. The Balaban J connectivity index is 2.83. The first-order chi connectivity index (χ1) is 7.58. The summed E-state index contributed by atoms with van der Waals surface area (Å²) in [6.07, 6.45) is 0.595. The molecule has 0 saturated heterocycles. The SMILES string of the molecule is CC[C@H](CO)NC(=O)c1cc(Br)ccc1F. The van der Waals surface area contributed by atoms with Crippen molar-refractivity contribution in [2.45, 2.75) is 19.4 Å². The average Bonchev–Trinajstić information content (AvgIpc) is 2.28. The molecule has 0 spiro atoms. The molecule has 3 nitrogen and oxygen atoms in total. The lowest BCUT2D eigenvalue weighted by molar-refractivity contribution is 0.0911. The monoisotopic (exact) mass is 289 g/mol. The molecule has 1 atom stereocenters. The summed E-state index contributed by atoms with van der Waals surface area (Å²) in [6, 6.07) is 3.81. The molecule has 0 aliphatic carbocycles. The van der Waals surface area contributed by atoms with Crippen molar-refractivity contribution in [2.24, 2.45) is 0 Å². The van der Waals surface area contributed by atoms with Gasteiger partial charge in [-0.1, -0.05) is 22.9 Å². The van der Waals surface area contributed by atoms with Crippen molar-refractivity contribution >= 4 is 21.8 Å². The van der Waals surface area contributed by atoms with E-state index in [1.54, 1.807) is 0 Å². The highest BCUT2D eigenvalue weighted by molar-refractivity contribution is 9.10. The third-order valence-corrected chi connectivity index (χ3v) is 2.71. The van der Waals surface area contributed by atoms with Gasteiger partial charge in [0.1, 0.15) is 5.82 Å². The fourth-order valence-electron chi connectivity index (χ4n) is 1.21. The van der Waals surface area contributed by atoms with E-state index in [0.717, 1.165) is 0 Å². The Morgan fingerprint density at radius 2 is 2.31 bits per heavy atom. The Kier molecular flexibility index (Phi) is 4.89. The van der Waals surface area contributed by atoms with Gasteiger partial charge in [0.25, 0.3) is 5.91 Å². The van der Waals surface area contributed by atoms with Crippen LogP contribution in [0.25, 0.3) is 0 Å². The first kappa shape index (κ1) is 13.1. The van der Waals surface area contributed by atoms with E-state index in [4.69, 9.17) is 5.11 Å². The summed E-state index contributed by atoms with van der Waals surface area (Å²) in [4.78, 5) is 11.7. The maximum atomic E-state index is 13.3. The van der Waals surface area contributed by atoms with E-state index in [1.165, 1.54) is 18.2 Å². The topological polar surface area (TPSA) is 49.3 Å². The average molecular weight is 290 g/mol. The number of amides is 1. The number of halogens is 2. The van der Waals surface area contributed by atoms with Crippen LogP contribution in [-0.4, -0.2) is 23.7 Å². The molecule has 0 bridgehead atoms. The van der Waals surface area contributed by atoms with Crippen LogP contribution in [0.2, 0.25) is 0 Å². The summed E-state index contributed by atoms with van der Waals surface area (Å²) in [6.45, 7) is 1.68. The quantitative estimate of drug-likeness (QED) is 0.892. The lowest BCUT2D eigenvalue weighted by atomic mass is 10.1. The van der Waals surface area contributed by atoms with Crippen molar-refractivity contribution in [3.63, 3.8) is 0 Å². The highest BCUT2D eigenvalue weighted by atomic mass is 79.9. The normalized spacial score (nSPS) is 12.2. The third kappa shape index (κ3) is 3.28. The Bertz CT molecular complexity index is 380. The van der Waals surface area contributed by atoms with Crippen LogP contribution in [0, 0.1) is 5.82 Å². The van der Waals surface area contributed by atoms with E-state index in [0.29, 0.717) is 10.9 Å². The molecule has 0 fully saturated rings. The first-order valence-electron chi connectivity index (χ1n) is 4.95. The van der Waals surface area contributed by atoms with E-state index in [9.17, 15) is 9.18 Å². The summed E-state index contributed by atoms with van der Waals surface area (Å²) in [5.74, 6) is -1.09. The second kappa shape index (κ2) is 5.96. The van der Waals surface area contributed by atoms with Crippen molar-refractivity contribution in [2.75, 3.05) is 6.61 Å². The number of carbonyl (C=O) groups is 1. The predicted molar refractivity (Wildman–Crippen MR) is 62.7 cm³/mol. The number of hydrogen-bond acceptors (Lipinski definition) is 2. The van der Waals surface area contributed by atoms with Gasteiger partial charge < -0.3 is 10.4 Å². The minimum Gasteiger partial charge on any atom is -0.394 e. The number of aliphatic hydroxyl groups is 1. The molecule has 0 saturated carbocycles. The molecule has 0 aromatic heterocycles. The van der Waals surface area contributed by atoms with Gasteiger partial charge in [-0.05, 0) is 24.6 Å². The third-order valence-electron chi connectivity index (χ3n) is 2.22. The van der Waals surface area contributed by atoms with Crippen molar-refractivity contribution in [3.8, 4) is 0 Å². The predicted octanol–water partition coefficient (Wildman–Crippen LogP) is 2.09. The van der Waals surface area contributed by atoms with Gasteiger partial charge in [0.05, 0.1) is 18.2 Å². The lowest BCUT2D eigenvalue weighted by Crippen LogP contribution is -2.37. The standard InChI is InChI=1S/C11H13BrFNO2/c1-2-8(6-15)14-11(16)9-5-7(12)3-4-10(9)13/h3-5,8,15H,2,6H2,1H3,(H,14,16)/t8-/m1/s1. The Morgan fingerprint density at radius 1 is 1.62 bits per heavy atom. The van der Waals surface area contributed by atoms with Gasteiger partial charge in [-0.2, -0.15) is 0 Å². The first-order valence-corrected chi connectivity index (χ1v) is 5.74. The number of benzene rings is 1. The summed E-state index contributed by atoms with van der Waals surface area (Å²) >= 11 is 3.17. The van der Waals surface area contributed by atoms with Crippen LogP contribution in [0.3, 0.4) is 0 Å². The van der Waals surface area contributed by atoms with Crippen LogP contribution in [0.1, 0.15) is 23.7 Å². The minimum absolute atomic E-state index is 0.0266. The number of nitrogens with one attached hydrogen (secondary N) is 1. The van der Waals surface area contributed by atoms with Crippen molar-refractivity contribution in [1.29, 1.82) is 0 Å². The van der Waals surface area contributed by atoms with Gasteiger partial charge in [0, 0.05) is 4.47 Å². The molecule has 0 aliphatic heterocycles. The van der Waals surface area contributed by atoms with Crippen LogP contribution in [0.5, 0.6) is 0 Å². The van der Waals surface area contributed by atoms with Crippen molar-refractivity contribution in [1.82, 2.24) is 5.32 Å². The van der Waals surface area contributed by atoms with Crippen LogP contribution >= 0.6 is 15.9 Å². The van der Waals surface area contributed by atoms with E-state index in [-0.39, 0.29) is 18.2 Å². The maximum Gasteiger partial charge on any atom is 0.254 e. The van der Waals surface area contributed by atoms with Crippen LogP contribution in [0.4, 0.5) is 4.39 Å². The second-order valence-corrected chi connectivity index (χ2v) is 4.30. The molecule has 16 heavy (non-hydrogen) atoms. The van der Waals surface area contributed by atoms with E-state index >= 15 is 0 Å². The van der Waals surface area contributed by atoms with Crippen LogP contribution in [0.15, 0.2) is 22.7 Å². The van der Waals surface area contributed by atoms with Gasteiger partial charge >= 0.3 is 0 Å². The van der Waals surface area contributed by atoms with Gasteiger partial charge in [-0.25, -0.2) is 4.39 Å². The van der Waals surface area contributed by atoms with Gasteiger partial charge in [0.2, 0.25) is 0 Å². The summed E-state index contributed by atoms with van der Waals surface area (Å²) in [7, 11) is 0. The maximum absolute atomic E-state index is 13.3. The highest BCUT2D eigenvalue weighted by Gasteiger charge is 2.15. The Morgan fingerprint density at radius 3 is 2.88 bits per heavy atom. The molecule has 1 amide bonds. The zero-order valence-corrected chi connectivity index (χ0v) is 10.4. The Labute approximate surface area is 102 Å². The molecule has 5 heteroatoms. The number of carbonyl (C=O) groups excluding carboxylic acids is 1. The lowest BCUT2D eigenvalue weighted by Gasteiger charge is -2.14. The number of aliphatic hydroxyl groups excluding tert-OH is 1. The molecule has 0 unspecified atom stereocenters. The molecule has 88 valence electrons. The fraction of sp³-hybridized carbons (Fsp3) is 0.364. The highest BCUT2D eigenvalue weighted by Crippen LogP contribution is 2.15. The zero-order chi connectivity index (χ0) is 12.1. The fourth-order valence-corrected chi connectivity index (χ4v) is 1.57. The van der Waals surface area contributed by atoms with Gasteiger partial charge in [0.15, 0.2) is 0 Å². The van der Waals surface area contributed by atoms with Crippen LogP contribution in [-0.2, 0) is 0 Å². The van der Waals surface area contributed by atoms with E-state index < -0.39 is 11.7 Å². The van der Waals surface area contributed by atoms with E-state index in [2.05, 4.69) is 21.2 Å². The molecule has 0 aliphatic rings. The Hall–Kier alpha value is -0.940. The van der Waals surface area contributed by atoms with Crippen LogP contribution < -0.4 is 5.32 Å². The zero-order valence-electron chi connectivity index (χ0n) is 8.84. The summed E-state index contributed by atoms with van der Waals surface area (Å²) in [5.41, 5.74) is -0.0266. The molecule has 0 heterocycles. The number of rotatable bonds is 4. The summed E-state index contributed by atoms with van der Waals surface area (Å²) < 4.78 is 14.0. The molecule has 1 aromatic rings. The largest absolute Gasteiger partial charge is 0.394 e. The summed E-state index contributed by atoms with van der Waals surface area (Å²) in [5, 5.41) is 11.5. The molecule has 1 aromatic carbocycles. The van der Waals surface area contributed by atoms with E-state index in [1.807, 2.05) is 6.92 Å². The van der Waals surface area contributed by atoms with Gasteiger partial charge in [-0.3, -0.25) is 4.79 Å². The number of hydrogen-bond donors (Lipinski definition) is 2. The molecule has 0 radical (unpaired) electrons. The van der Waals surface area contributed by atoms with Gasteiger partial charge in [-0.15, -0.1) is 0 Å².